The molecule has 1 aromatic rings. The van der Waals surface area contributed by atoms with Gasteiger partial charge in [0.1, 0.15) is 11.5 Å². The number of aromatic nitrogens is 1. The predicted octanol–water partition coefficient (Wildman–Crippen LogP) is 5.49. The molecule has 2 rings (SSSR count). The molecule has 4 nitrogen and oxygen atoms in total. The van der Waals surface area contributed by atoms with Crippen molar-refractivity contribution < 1.29 is 9.59 Å². The van der Waals surface area contributed by atoms with Crippen LogP contribution in [0, 0.1) is 5.92 Å². The summed E-state index contributed by atoms with van der Waals surface area (Å²) in [5, 5.41) is 0. The molecule has 30 heavy (non-hydrogen) atoms. The zero-order valence-corrected chi connectivity index (χ0v) is 19.4. The molecule has 0 saturated heterocycles. The molecule has 1 aliphatic rings. The Labute approximate surface area is 181 Å². The third kappa shape index (κ3) is 6.25. The molecule has 0 N–H and O–H groups in total. The van der Waals surface area contributed by atoms with E-state index in [1.165, 1.54) is 11.1 Å². The van der Waals surface area contributed by atoms with Gasteiger partial charge in [-0.25, -0.2) is 4.98 Å². The quantitative estimate of drug-likeness (QED) is 0.401. The van der Waals surface area contributed by atoms with E-state index in [1.54, 1.807) is 13.0 Å². The number of Topliss-reactive ketones (excluding diaryl/α,β-unsaturated/α-hetero) is 2. The van der Waals surface area contributed by atoms with Crippen LogP contribution in [0.4, 0.5) is 0 Å². The fraction of sp³-hybridized carbons (Fsp3) is 0.500. The van der Waals surface area contributed by atoms with Gasteiger partial charge in [0.05, 0.1) is 5.92 Å². The summed E-state index contributed by atoms with van der Waals surface area (Å²) in [4.78, 5) is 31.4. The van der Waals surface area contributed by atoms with Gasteiger partial charge in [0.2, 0.25) is 0 Å². The van der Waals surface area contributed by atoms with Crippen LogP contribution in [0.5, 0.6) is 0 Å². The molecule has 0 aromatic carbocycles. The number of carbonyl (C=O) groups excluding carboxylic acids is 2. The number of pyridine rings is 1. The molecule has 4 heteroatoms. The summed E-state index contributed by atoms with van der Waals surface area (Å²) in [5.41, 5.74) is 6.26. The van der Waals surface area contributed by atoms with E-state index in [1.807, 2.05) is 34.0 Å². The van der Waals surface area contributed by atoms with Crippen molar-refractivity contribution in [1.82, 2.24) is 9.88 Å². The lowest BCUT2D eigenvalue weighted by Gasteiger charge is -2.26. The van der Waals surface area contributed by atoms with Crippen LogP contribution in [0.1, 0.15) is 75.1 Å². The number of carbonyl (C=O) groups is 2. The molecule has 0 bridgehead atoms. The van der Waals surface area contributed by atoms with E-state index in [-0.39, 0.29) is 17.5 Å². The first kappa shape index (κ1) is 23.8. The minimum absolute atomic E-state index is 0.00738. The number of rotatable bonds is 9. The first-order valence-corrected chi connectivity index (χ1v) is 10.9. The Kier molecular flexibility index (Phi) is 8.76. The lowest BCUT2D eigenvalue weighted by Crippen LogP contribution is -2.25. The highest BCUT2D eigenvalue weighted by molar-refractivity contribution is 5.92. The lowest BCUT2D eigenvalue weighted by atomic mass is 9.91. The fourth-order valence-corrected chi connectivity index (χ4v) is 4.19. The van der Waals surface area contributed by atoms with E-state index in [9.17, 15) is 9.59 Å². The number of hydrogen-bond donors (Lipinski definition) is 0. The van der Waals surface area contributed by atoms with Crippen molar-refractivity contribution in [3.8, 4) is 0 Å². The molecule has 162 valence electrons. The summed E-state index contributed by atoms with van der Waals surface area (Å²) in [6.45, 7) is 7.75. The van der Waals surface area contributed by atoms with Crippen LogP contribution in [0.3, 0.4) is 0 Å². The Morgan fingerprint density at radius 2 is 1.93 bits per heavy atom. The van der Waals surface area contributed by atoms with E-state index < -0.39 is 0 Å². The number of ketones is 2. The average molecular weight is 409 g/mol. The maximum atomic E-state index is 13.1. The van der Waals surface area contributed by atoms with Gasteiger partial charge in [0.25, 0.3) is 0 Å². The van der Waals surface area contributed by atoms with Gasteiger partial charge < -0.3 is 4.90 Å². The van der Waals surface area contributed by atoms with E-state index in [4.69, 9.17) is 0 Å². The second-order valence-corrected chi connectivity index (χ2v) is 8.46. The van der Waals surface area contributed by atoms with Crippen LogP contribution in [0.25, 0.3) is 0 Å². The van der Waals surface area contributed by atoms with Gasteiger partial charge in [-0.1, -0.05) is 35.4 Å². The Balaban J connectivity index is 2.10. The van der Waals surface area contributed by atoms with Gasteiger partial charge in [-0.2, -0.15) is 0 Å². The van der Waals surface area contributed by atoms with Crippen LogP contribution < -0.4 is 0 Å². The average Bonchev–Trinajstić information content (AvgIpc) is 2.89. The first-order valence-electron chi connectivity index (χ1n) is 10.9. The molecule has 1 atom stereocenters. The minimum atomic E-state index is -0.125. The molecular weight excluding hydrogens is 372 g/mol. The van der Waals surface area contributed by atoms with Crippen molar-refractivity contribution in [2.24, 2.45) is 5.92 Å². The van der Waals surface area contributed by atoms with Crippen molar-refractivity contribution in [1.29, 1.82) is 0 Å². The number of aryl methyl sites for hydroxylation is 1. The molecule has 0 radical (unpaired) electrons. The predicted molar refractivity (Wildman–Crippen MR) is 124 cm³/mol. The molecule has 1 unspecified atom stereocenters. The van der Waals surface area contributed by atoms with E-state index >= 15 is 0 Å². The Morgan fingerprint density at radius 3 is 2.57 bits per heavy atom. The van der Waals surface area contributed by atoms with E-state index in [0.29, 0.717) is 12.1 Å². The molecule has 0 aliphatic heterocycles. The summed E-state index contributed by atoms with van der Waals surface area (Å²) in [5.74, 6) is 0.130. The van der Waals surface area contributed by atoms with Gasteiger partial charge in [-0.05, 0) is 64.5 Å². The van der Waals surface area contributed by atoms with E-state index in [2.05, 4.69) is 35.0 Å². The maximum absolute atomic E-state index is 13.1. The normalized spacial score (nSPS) is 15.7. The summed E-state index contributed by atoms with van der Waals surface area (Å²) in [6, 6.07) is 3.81. The van der Waals surface area contributed by atoms with Gasteiger partial charge >= 0.3 is 0 Å². The Morgan fingerprint density at radius 1 is 1.20 bits per heavy atom. The standard InChI is InChI=1S/C26H36N2O2/c1-7-8-9-10-18(2)26(28(5)6)19(3)25(30)17-21-11-13-22-14-16-23(20(4)29)27-24(22)15-12-21/h7-8,11,14,16,19H,9-10,12-13,15,17H2,1-6H3/b8-7-,26-18?. The molecule has 1 aromatic heterocycles. The highest BCUT2D eigenvalue weighted by atomic mass is 16.1. The third-order valence-electron chi connectivity index (χ3n) is 5.86. The third-order valence-corrected chi connectivity index (χ3v) is 5.86. The van der Waals surface area contributed by atoms with Crippen LogP contribution in [0.15, 0.2) is 47.2 Å². The van der Waals surface area contributed by atoms with Crippen molar-refractivity contribution >= 4 is 11.6 Å². The van der Waals surface area contributed by atoms with Crippen LogP contribution >= 0.6 is 0 Å². The van der Waals surface area contributed by atoms with Crippen molar-refractivity contribution in [3.05, 3.63) is 64.2 Å². The molecule has 0 amide bonds. The number of allylic oxidation sites excluding steroid dienone is 6. The number of fused-ring (bicyclic) bond motifs is 1. The number of hydrogen-bond acceptors (Lipinski definition) is 4. The second kappa shape index (κ2) is 11.1. The Hall–Kier alpha value is -2.49. The molecule has 0 saturated carbocycles. The minimum Gasteiger partial charge on any atom is -0.380 e. The molecule has 1 aliphatic carbocycles. The highest BCUT2D eigenvalue weighted by Crippen LogP contribution is 2.27. The largest absolute Gasteiger partial charge is 0.380 e. The summed E-state index contributed by atoms with van der Waals surface area (Å²) >= 11 is 0. The summed E-state index contributed by atoms with van der Waals surface area (Å²) < 4.78 is 0. The van der Waals surface area contributed by atoms with Crippen molar-refractivity contribution in [2.45, 2.75) is 66.2 Å². The smallest absolute Gasteiger partial charge is 0.178 e. The van der Waals surface area contributed by atoms with Crippen molar-refractivity contribution in [3.63, 3.8) is 0 Å². The monoisotopic (exact) mass is 408 g/mol. The molecule has 1 heterocycles. The second-order valence-electron chi connectivity index (χ2n) is 8.46. The topological polar surface area (TPSA) is 50.3 Å². The fourth-order valence-electron chi connectivity index (χ4n) is 4.19. The maximum Gasteiger partial charge on any atom is 0.178 e. The van der Waals surface area contributed by atoms with Crippen LogP contribution in [-0.2, 0) is 17.6 Å². The highest BCUT2D eigenvalue weighted by Gasteiger charge is 2.23. The van der Waals surface area contributed by atoms with Gasteiger partial charge in [0.15, 0.2) is 5.78 Å². The molecular formula is C26H36N2O2. The SMILES string of the molecule is C/C=C\CCC(C)=C(C(C)C(=O)CC1=CCc2ccc(C(C)=O)nc2CC1)N(C)C. The van der Waals surface area contributed by atoms with Crippen molar-refractivity contribution in [2.75, 3.05) is 14.1 Å². The summed E-state index contributed by atoms with van der Waals surface area (Å²) in [7, 11) is 4.05. The molecule has 0 fully saturated rings. The van der Waals surface area contributed by atoms with Gasteiger partial charge in [-0.15, -0.1) is 0 Å². The zero-order chi connectivity index (χ0) is 22.3. The van der Waals surface area contributed by atoms with Crippen LogP contribution in [-0.4, -0.2) is 35.5 Å². The molecule has 0 spiro atoms. The Bertz CT molecular complexity index is 875. The van der Waals surface area contributed by atoms with Crippen LogP contribution in [0.2, 0.25) is 0 Å². The summed E-state index contributed by atoms with van der Waals surface area (Å²) in [6.07, 6.45) is 11.2. The number of nitrogens with zero attached hydrogens (tertiary/aromatic N) is 2. The van der Waals surface area contributed by atoms with Gasteiger partial charge in [-0.3, -0.25) is 9.59 Å². The first-order chi connectivity index (χ1) is 14.2. The lowest BCUT2D eigenvalue weighted by molar-refractivity contribution is -0.121. The van der Waals surface area contributed by atoms with Gasteiger partial charge in [0, 0.05) is 38.8 Å². The zero-order valence-electron chi connectivity index (χ0n) is 19.4. The van der Waals surface area contributed by atoms with E-state index in [0.717, 1.165) is 49.1 Å².